The fourth-order valence-corrected chi connectivity index (χ4v) is 3.44. The average molecular weight is 384 g/mol. The summed E-state index contributed by atoms with van der Waals surface area (Å²) in [5.74, 6) is -1.92. The number of amidine groups is 1. The second kappa shape index (κ2) is 7.29. The van der Waals surface area contributed by atoms with Gasteiger partial charge in [0.25, 0.3) is 0 Å². The zero-order valence-corrected chi connectivity index (χ0v) is 15.1. The zero-order valence-electron chi connectivity index (χ0n) is 14.2. The van der Waals surface area contributed by atoms with Crippen LogP contribution in [0.3, 0.4) is 0 Å². The average Bonchev–Trinajstić information content (AvgIpc) is 2.62. The Morgan fingerprint density at radius 2 is 2.11 bits per heavy atom. The summed E-state index contributed by atoms with van der Waals surface area (Å²) >= 11 is 1.24. The minimum atomic E-state index is -0.990. The predicted molar refractivity (Wildman–Crippen MR) is 99.0 cm³/mol. The Morgan fingerprint density at radius 1 is 1.33 bits per heavy atom. The van der Waals surface area contributed by atoms with Crippen LogP contribution in [0.2, 0.25) is 0 Å². The van der Waals surface area contributed by atoms with Crippen molar-refractivity contribution < 1.29 is 13.6 Å². The van der Waals surface area contributed by atoms with Gasteiger partial charge in [-0.05, 0) is 42.2 Å². The second-order valence-corrected chi connectivity index (χ2v) is 7.02. The third kappa shape index (κ3) is 3.88. The van der Waals surface area contributed by atoms with Crippen molar-refractivity contribution in [3.63, 3.8) is 0 Å². The van der Waals surface area contributed by atoms with E-state index in [0.717, 1.165) is 12.3 Å². The molecule has 2 N–H and O–H groups in total. The molecule has 1 aromatic heterocycles. The molecule has 0 fully saturated rings. The molecule has 5 nitrogen and oxygen atoms in total. The lowest BCUT2D eigenvalue weighted by atomic mass is 9.90. The SMILES string of the molecule is C[C@@]1(c2cc(CC(=O)c3ncc(C#N)cc3F)ccc2F)C=CSC(N)=N1. The maximum Gasteiger partial charge on any atom is 0.188 e. The molecule has 3 rings (SSSR count). The van der Waals surface area contributed by atoms with E-state index >= 15 is 0 Å². The van der Waals surface area contributed by atoms with Crippen molar-refractivity contribution in [2.75, 3.05) is 0 Å². The number of hydrogen-bond donors (Lipinski definition) is 1. The van der Waals surface area contributed by atoms with Gasteiger partial charge in [-0.15, -0.1) is 0 Å². The first kappa shape index (κ1) is 18.7. The third-order valence-electron chi connectivity index (χ3n) is 4.10. The summed E-state index contributed by atoms with van der Waals surface area (Å²) in [5.41, 5.74) is 5.18. The lowest BCUT2D eigenvalue weighted by Gasteiger charge is -2.26. The quantitative estimate of drug-likeness (QED) is 0.815. The summed E-state index contributed by atoms with van der Waals surface area (Å²) in [7, 11) is 0. The maximum atomic E-state index is 14.4. The van der Waals surface area contributed by atoms with Crippen LogP contribution in [-0.2, 0) is 12.0 Å². The van der Waals surface area contributed by atoms with Gasteiger partial charge in [-0.3, -0.25) is 4.79 Å². The topological polar surface area (TPSA) is 92.1 Å². The largest absolute Gasteiger partial charge is 0.378 e. The van der Waals surface area contributed by atoms with Gasteiger partial charge < -0.3 is 5.73 Å². The first-order valence-corrected chi connectivity index (χ1v) is 8.78. The van der Waals surface area contributed by atoms with Crippen molar-refractivity contribution >= 4 is 22.7 Å². The number of hydrogen-bond acceptors (Lipinski definition) is 6. The number of pyridine rings is 1. The van der Waals surface area contributed by atoms with Crippen molar-refractivity contribution in [2.45, 2.75) is 18.9 Å². The Balaban J connectivity index is 1.91. The normalized spacial score (nSPS) is 18.7. The third-order valence-corrected chi connectivity index (χ3v) is 4.70. The van der Waals surface area contributed by atoms with E-state index in [-0.39, 0.29) is 23.2 Å². The molecular weight excluding hydrogens is 370 g/mol. The van der Waals surface area contributed by atoms with Crippen LogP contribution in [-0.4, -0.2) is 15.9 Å². The van der Waals surface area contributed by atoms with E-state index < -0.39 is 23.0 Å². The molecule has 136 valence electrons. The number of halogens is 2. The number of carbonyl (C=O) groups excluding carboxylic acids is 1. The molecule has 0 saturated heterocycles. The molecular formula is C19H14F2N4OS. The van der Waals surface area contributed by atoms with Crippen LogP contribution >= 0.6 is 11.8 Å². The van der Waals surface area contributed by atoms with E-state index in [0.29, 0.717) is 10.7 Å². The molecule has 1 aliphatic rings. The van der Waals surface area contributed by atoms with Crippen molar-refractivity contribution in [2.24, 2.45) is 10.7 Å². The molecule has 8 heteroatoms. The van der Waals surface area contributed by atoms with Crippen molar-refractivity contribution in [3.05, 3.63) is 76.0 Å². The zero-order chi connectivity index (χ0) is 19.6. The van der Waals surface area contributed by atoms with Crippen molar-refractivity contribution in [3.8, 4) is 6.07 Å². The Morgan fingerprint density at radius 3 is 2.78 bits per heavy atom. The minimum Gasteiger partial charge on any atom is -0.378 e. The molecule has 0 unspecified atom stereocenters. The summed E-state index contributed by atoms with van der Waals surface area (Å²) in [5, 5.41) is 10.8. The molecule has 1 aliphatic heterocycles. The minimum absolute atomic E-state index is 0.0263. The Bertz CT molecular complexity index is 1030. The number of Topliss-reactive ketones (excluding diaryl/α,β-unsaturated/α-hetero) is 1. The second-order valence-electron chi connectivity index (χ2n) is 6.10. The van der Waals surface area contributed by atoms with Crippen molar-refractivity contribution in [1.82, 2.24) is 4.98 Å². The summed E-state index contributed by atoms with van der Waals surface area (Å²) in [6, 6.07) is 6.93. The monoisotopic (exact) mass is 384 g/mol. The Hall–Kier alpha value is -3.05. The summed E-state index contributed by atoms with van der Waals surface area (Å²) in [6.45, 7) is 1.71. The molecule has 2 heterocycles. The lowest BCUT2D eigenvalue weighted by molar-refractivity contribution is 0.0984. The number of benzene rings is 1. The lowest BCUT2D eigenvalue weighted by Crippen LogP contribution is -2.25. The van der Waals surface area contributed by atoms with Gasteiger partial charge in [0, 0.05) is 18.2 Å². The number of aliphatic imine (C=N–C) groups is 1. The van der Waals surface area contributed by atoms with Crippen LogP contribution in [0.4, 0.5) is 8.78 Å². The Labute approximate surface area is 158 Å². The number of nitrogens with zero attached hydrogens (tertiary/aromatic N) is 3. The van der Waals surface area contributed by atoms with Crippen LogP contribution in [0.25, 0.3) is 0 Å². The molecule has 0 bridgehead atoms. The van der Waals surface area contributed by atoms with Crippen LogP contribution in [0.1, 0.15) is 34.1 Å². The highest BCUT2D eigenvalue weighted by molar-refractivity contribution is 8.16. The highest BCUT2D eigenvalue weighted by atomic mass is 32.2. The molecule has 1 atom stereocenters. The molecule has 0 amide bonds. The number of rotatable bonds is 4. The number of nitrogens with two attached hydrogens (primary N) is 1. The van der Waals surface area contributed by atoms with Gasteiger partial charge in [0.2, 0.25) is 0 Å². The van der Waals surface area contributed by atoms with Gasteiger partial charge in [0.1, 0.15) is 23.1 Å². The van der Waals surface area contributed by atoms with E-state index in [1.54, 1.807) is 24.5 Å². The fourth-order valence-electron chi connectivity index (χ4n) is 2.72. The van der Waals surface area contributed by atoms with Crippen LogP contribution in [0.15, 0.2) is 46.9 Å². The number of ketones is 1. The first-order chi connectivity index (χ1) is 12.8. The Kier molecular flexibility index (Phi) is 5.06. The molecule has 1 aromatic carbocycles. The molecule has 0 saturated carbocycles. The van der Waals surface area contributed by atoms with Gasteiger partial charge in [-0.25, -0.2) is 18.8 Å². The van der Waals surface area contributed by atoms with E-state index in [9.17, 15) is 13.6 Å². The number of thioether (sulfide) groups is 1. The molecule has 0 aliphatic carbocycles. The van der Waals surface area contributed by atoms with Gasteiger partial charge in [0.15, 0.2) is 16.8 Å². The standard InChI is InChI=1S/C19H14F2N4OS/c1-19(4-5-27-18(23)25-19)13-6-11(2-3-14(13)20)8-16(26)17-15(21)7-12(9-22)10-24-17/h2-7,10H,8H2,1H3,(H2,23,25)/t19-/m0/s1. The van der Waals surface area contributed by atoms with Gasteiger partial charge in [-0.1, -0.05) is 17.8 Å². The molecule has 0 spiro atoms. The summed E-state index contributed by atoms with van der Waals surface area (Å²) in [4.78, 5) is 20.4. The molecule has 2 aromatic rings. The van der Waals surface area contributed by atoms with Gasteiger partial charge in [-0.2, -0.15) is 5.26 Å². The van der Waals surface area contributed by atoms with E-state index in [4.69, 9.17) is 11.0 Å². The van der Waals surface area contributed by atoms with Crippen LogP contribution in [0, 0.1) is 23.0 Å². The highest BCUT2D eigenvalue weighted by Crippen LogP contribution is 2.34. The molecule has 0 radical (unpaired) electrons. The van der Waals surface area contributed by atoms with E-state index in [2.05, 4.69) is 9.98 Å². The smallest absolute Gasteiger partial charge is 0.188 e. The summed E-state index contributed by atoms with van der Waals surface area (Å²) < 4.78 is 28.4. The number of nitriles is 1. The predicted octanol–water partition coefficient (Wildman–Crippen LogP) is 3.45. The van der Waals surface area contributed by atoms with Crippen molar-refractivity contribution in [1.29, 1.82) is 5.26 Å². The van der Waals surface area contributed by atoms with Gasteiger partial charge >= 0.3 is 0 Å². The van der Waals surface area contributed by atoms with Crippen LogP contribution < -0.4 is 5.73 Å². The van der Waals surface area contributed by atoms with E-state index in [1.165, 1.54) is 30.0 Å². The molecule has 27 heavy (non-hydrogen) atoms. The highest BCUT2D eigenvalue weighted by Gasteiger charge is 2.29. The van der Waals surface area contributed by atoms with Crippen LogP contribution in [0.5, 0.6) is 0 Å². The first-order valence-electron chi connectivity index (χ1n) is 7.90. The fraction of sp³-hybridized carbons (Fsp3) is 0.158. The van der Waals surface area contributed by atoms with Gasteiger partial charge in [0.05, 0.1) is 5.56 Å². The van der Waals surface area contributed by atoms with E-state index in [1.807, 2.05) is 0 Å². The number of aromatic nitrogens is 1. The summed E-state index contributed by atoms with van der Waals surface area (Å²) in [6.07, 6.45) is 2.69. The number of carbonyl (C=O) groups is 1. The maximum absolute atomic E-state index is 14.4.